The number of carbonyl (C=O) groups excluding carboxylic acids is 1. The fraction of sp³-hybridized carbons (Fsp3) is 0.400. The second kappa shape index (κ2) is 7.65. The lowest BCUT2D eigenvalue weighted by molar-refractivity contribution is -0.115. The largest absolute Gasteiger partial charge is 0.326 e. The molecular formula is C15H21NOS2. The second-order valence-electron chi connectivity index (χ2n) is 5.14. The van der Waals surface area contributed by atoms with Crippen LogP contribution in [0.25, 0.3) is 6.08 Å². The summed E-state index contributed by atoms with van der Waals surface area (Å²) in [5.74, 6) is 0.895. The van der Waals surface area contributed by atoms with Crippen molar-refractivity contribution in [1.29, 1.82) is 0 Å². The van der Waals surface area contributed by atoms with Gasteiger partial charge in [-0.1, -0.05) is 67.1 Å². The average Bonchev–Trinajstić information content (AvgIpc) is 2.34. The summed E-state index contributed by atoms with van der Waals surface area (Å²) in [5.41, 5.74) is 1.89. The quantitative estimate of drug-likeness (QED) is 0.601. The van der Waals surface area contributed by atoms with E-state index < -0.39 is 0 Å². The Balaban J connectivity index is 2.28. The Morgan fingerprint density at radius 2 is 1.95 bits per heavy atom. The van der Waals surface area contributed by atoms with E-state index in [2.05, 4.69) is 32.7 Å². The monoisotopic (exact) mass is 295 g/mol. The molecule has 0 bridgehead atoms. The first kappa shape index (κ1) is 16.2. The molecule has 2 nitrogen and oxygen atoms in total. The van der Waals surface area contributed by atoms with Gasteiger partial charge in [-0.05, 0) is 17.7 Å². The van der Waals surface area contributed by atoms with Crippen molar-refractivity contribution >= 4 is 39.3 Å². The van der Waals surface area contributed by atoms with Gasteiger partial charge in [0.25, 0.3) is 0 Å². The number of rotatable bonds is 6. The van der Waals surface area contributed by atoms with Crippen LogP contribution >= 0.6 is 21.6 Å². The zero-order chi connectivity index (χ0) is 14.3. The molecule has 104 valence electrons. The van der Waals surface area contributed by atoms with Gasteiger partial charge in [0.2, 0.25) is 5.91 Å². The zero-order valence-electron chi connectivity index (χ0n) is 11.7. The predicted octanol–water partition coefficient (Wildman–Crippen LogP) is 4.84. The van der Waals surface area contributed by atoms with Crippen LogP contribution in [0, 0.1) is 0 Å². The van der Waals surface area contributed by atoms with Gasteiger partial charge in [-0.2, -0.15) is 0 Å². The SMILES string of the molecule is C=Cc1ccc(NC(=O)CCSSC(C)(C)C)cc1. The van der Waals surface area contributed by atoms with E-state index in [4.69, 9.17) is 0 Å². The van der Waals surface area contributed by atoms with Crippen LogP contribution < -0.4 is 5.32 Å². The maximum absolute atomic E-state index is 11.7. The Morgan fingerprint density at radius 1 is 1.32 bits per heavy atom. The van der Waals surface area contributed by atoms with Crippen molar-refractivity contribution in [2.24, 2.45) is 0 Å². The molecule has 0 saturated carbocycles. The van der Waals surface area contributed by atoms with Crippen LogP contribution in [0.3, 0.4) is 0 Å². The topological polar surface area (TPSA) is 29.1 Å². The van der Waals surface area contributed by atoms with Gasteiger partial charge in [0.1, 0.15) is 0 Å². The highest BCUT2D eigenvalue weighted by atomic mass is 33.1. The van der Waals surface area contributed by atoms with Gasteiger partial charge in [-0.15, -0.1) is 0 Å². The summed E-state index contributed by atoms with van der Waals surface area (Å²) in [7, 11) is 3.56. The average molecular weight is 295 g/mol. The number of amides is 1. The summed E-state index contributed by atoms with van der Waals surface area (Å²) >= 11 is 0. The van der Waals surface area contributed by atoms with Crippen LogP contribution in [0.2, 0.25) is 0 Å². The number of hydrogen-bond donors (Lipinski definition) is 1. The van der Waals surface area contributed by atoms with Gasteiger partial charge >= 0.3 is 0 Å². The van der Waals surface area contributed by atoms with Crippen molar-refractivity contribution < 1.29 is 4.79 Å². The molecule has 1 rings (SSSR count). The van der Waals surface area contributed by atoms with Crippen LogP contribution in [0.4, 0.5) is 5.69 Å². The number of hydrogen-bond acceptors (Lipinski definition) is 3. The molecule has 1 aromatic rings. The lowest BCUT2D eigenvalue weighted by Crippen LogP contribution is -2.12. The highest BCUT2D eigenvalue weighted by Gasteiger charge is 2.11. The minimum absolute atomic E-state index is 0.0633. The minimum atomic E-state index is 0.0633. The summed E-state index contributed by atoms with van der Waals surface area (Å²) in [4.78, 5) is 11.7. The summed E-state index contributed by atoms with van der Waals surface area (Å²) in [6, 6.07) is 7.66. The molecule has 0 aliphatic heterocycles. The van der Waals surface area contributed by atoms with Crippen molar-refractivity contribution in [2.75, 3.05) is 11.1 Å². The number of carbonyl (C=O) groups is 1. The third-order valence-corrected chi connectivity index (χ3v) is 5.49. The van der Waals surface area contributed by atoms with Gasteiger partial charge in [-0.3, -0.25) is 4.79 Å². The highest BCUT2D eigenvalue weighted by Crippen LogP contribution is 2.35. The molecule has 0 atom stereocenters. The molecule has 0 spiro atoms. The Kier molecular flexibility index (Phi) is 6.52. The fourth-order valence-electron chi connectivity index (χ4n) is 1.28. The first-order chi connectivity index (χ1) is 8.90. The lowest BCUT2D eigenvalue weighted by Gasteiger charge is -2.15. The van der Waals surface area contributed by atoms with E-state index in [9.17, 15) is 4.79 Å². The van der Waals surface area contributed by atoms with Crippen LogP contribution in [0.15, 0.2) is 30.8 Å². The van der Waals surface area contributed by atoms with Gasteiger partial charge in [0.15, 0.2) is 0 Å². The zero-order valence-corrected chi connectivity index (χ0v) is 13.4. The number of nitrogens with one attached hydrogen (secondary N) is 1. The first-order valence-electron chi connectivity index (χ1n) is 6.24. The predicted molar refractivity (Wildman–Crippen MR) is 89.6 cm³/mol. The molecule has 1 N–H and O–H groups in total. The van der Waals surface area contributed by atoms with Crippen LogP contribution in [-0.4, -0.2) is 16.4 Å². The Hall–Kier alpha value is -0.870. The summed E-state index contributed by atoms with van der Waals surface area (Å²) in [6.07, 6.45) is 2.32. The maximum atomic E-state index is 11.7. The normalized spacial score (nSPS) is 11.1. The van der Waals surface area contributed by atoms with Crippen molar-refractivity contribution in [3.63, 3.8) is 0 Å². The molecule has 0 heterocycles. The molecule has 19 heavy (non-hydrogen) atoms. The molecule has 0 fully saturated rings. The van der Waals surface area contributed by atoms with Crippen LogP contribution in [-0.2, 0) is 4.79 Å². The van der Waals surface area contributed by atoms with Crippen molar-refractivity contribution in [3.8, 4) is 0 Å². The lowest BCUT2D eigenvalue weighted by atomic mass is 10.2. The Morgan fingerprint density at radius 3 is 2.47 bits per heavy atom. The van der Waals surface area contributed by atoms with Crippen molar-refractivity contribution in [2.45, 2.75) is 31.9 Å². The van der Waals surface area contributed by atoms with Crippen LogP contribution in [0.1, 0.15) is 32.8 Å². The molecule has 0 unspecified atom stereocenters. The third kappa shape index (κ3) is 7.33. The smallest absolute Gasteiger partial charge is 0.225 e. The molecule has 0 aliphatic rings. The van der Waals surface area contributed by atoms with E-state index >= 15 is 0 Å². The van der Waals surface area contributed by atoms with E-state index in [1.165, 1.54) is 0 Å². The maximum Gasteiger partial charge on any atom is 0.225 e. The second-order valence-corrected chi connectivity index (χ2v) is 8.38. The molecule has 4 heteroatoms. The summed E-state index contributed by atoms with van der Waals surface area (Å²) < 4.78 is 0.238. The number of anilines is 1. The molecule has 0 saturated heterocycles. The molecular weight excluding hydrogens is 274 g/mol. The van der Waals surface area contributed by atoms with E-state index in [0.717, 1.165) is 17.0 Å². The molecule has 0 aromatic heterocycles. The van der Waals surface area contributed by atoms with E-state index in [0.29, 0.717) is 6.42 Å². The standard InChI is InChI=1S/C15H21NOS2/c1-5-12-6-8-13(9-7-12)16-14(17)10-11-18-19-15(2,3)4/h5-9H,1,10-11H2,2-4H3,(H,16,17). The Bertz CT molecular complexity index is 421. The van der Waals surface area contributed by atoms with Gasteiger partial charge in [-0.25, -0.2) is 0 Å². The fourth-order valence-corrected chi connectivity index (χ4v) is 3.55. The minimum Gasteiger partial charge on any atom is -0.326 e. The van der Waals surface area contributed by atoms with E-state index in [-0.39, 0.29) is 10.7 Å². The summed E-state index contributed by atoms with van der Waals surface area (Å²) in [6.45, 7) is 10.2. The molecule has 0 aliphatic carbocycles. The molecule has 1 aromatic carbocycles. The van der Waals surface area contributed by atoms with E-state index in [1.807, 2.05) is 35.1 Å². The summed E-state index contributed by atoms with van der Waals surface area (Å²) in [5, 5.41) is 2.90. The first-order valence-corrected chi connectivity index (χ1v) is 8.55. The van der Waals surface area contributed by atoms with Crippen LogP contribution in [0.5, 0.6) is 0 Å². The Labute approximate surface area is 123 Å². The van der Waals surface area contributed by atoms with E-state index in [1.54, 1.807) is 16.9 Å². The van der Waals surface area contributed by atoms with Gasteiger partial charge < -0.3 is 5.32 Å². The van der Waals surface area contributed by atoms with Crippen molar-refractivity contribution in [3.05, 3.63) is 36.4 Å². The molecule has 0 radical (unpaired) electrons. The van der Waals surface area contributed by atoms with Crippen molar-refractivity contribution in [1.82, 2.24) is 0 Å². The molecule has 1 amide bonds. The third-order valence-electron chi connectivity index (χ3n) is 2.15. The van der Waals surface area contributed by atoms with Gasteiger partial charge in [0.05, 0.1) is 0 Å². The van der Waals surface area contributed by atoms with Gasteiger partial charge in [0, 0.05) is 22.6 Å². The highest BCUT2D eigenvalue weighted by molar-refractivity contribution is 8.77. The number of benzene rings is 1.